The maximum Gasteiger partial charge on any atom is 0.320 e. The molecule has 4 nitrogen and oxygen atoms in total. The topological polar surface area (TPSA) is 63.6 Å². The summed E-state index contributed by atoms with van der Waals surface area (Å²) in [4.78, 5) is 22.5. The number of esters is 1. The summed E-state index contributed by atoms with van der Waals surface area (Å²) >= 11 is 0. The van der Waals surface area contributed by atoms with Crippen molar-refractivity contribution in [2.45, 2.75) is 39.0 Å². The molecule has 1 aliphatic rings. The van der Waals surface area contributed by atoms with Crippen LogP contribution in [0.25, 0.3) is 0 Å². The molecule has 3 atom stereocenters. The van der Waals surface area contributed by atoms with E-state index in [4.69, 9.17) is 5.11 Å². The highest BCUT2D eigenvalue weighted by Crippen LogP contribution is 2.35. The molecule has 0 spiro atoms. The van der Waals surface area contributed by atoms with E-state index in [1.165, 1.54) is 7.11 Å². The van der Waals surface area contributed by atoms with Crippen molar-refractivity contribution in [3.8, 4) is 0 Å². The Hall–Kier alpha value is -1.06. The Morgan fingerprint density at radius 1 is 1.44 bits per heavy atom. The lowest BCUT2D eigenvalue weighted by molar-refractivity contribution is -0.160. The van der Waals surface area contributed by atoms with Crippen LogP contribution in [0.2, 0.25) is 0 Å². The molecule has 1 fully saturated rings. The summed E-state index contributed by atoms with van der Waals surface area (Å²) in [5.41, 5.74) is 0. The maximum absolute atomic E-state index is 11.4. The van der Waals surface area contributed by atoms with Crippen molar-refractivity contribution in [3.63, 3.8) is 0 Å². The van der Waals surface area contributed by atoms with E-state index in [2.05, 4.69) is 11.7 Å². The molecule has 92 valence electrons. The van der Waals surface area contributed by atoms with E-state index in [1.807, 2.05) is 0 Å². The van der Waals surface area contributed by atoms with Gasteiger partial charge in [0.1, 0.15) is 0 Å². The molecular weight excluding hydrogens is 208 g/mol. The first-order valence-corrected chi connectivity index (χ1v) is 5.90. The molecule has 1 aliphatic carbocycles. The second-order valence-corrected chi connectivity index (χ2v) is 4.54. The lowest BCUT2D eigenvalue weighted by Crippen LogP contribution is -2.35. The third kappa shape index (κ3) is 2.97. The SMILES string of the molecule is CCC1CCCC(C(C(=O)O)C(=O)OC)C1. The summed E-state index contributed by atoms with van der Waals surface area (Å²) in [6.07, 6.45) is 4.89. The molecule has 1 saturated carbocycles. The fraction of sp³-hybridized carbons (Fsp3) is 0.833. The number of rotatable bonds is 4. The van der Waals surface area contributed by atoms with Gasteiger partial charge in [0.25, 0.3) is 0 Å². The fourth-order valence-corrected chi connectivity index (χ4v) is 2.63. The van der Waals surface area contributed by atoms with E-state index in [0.717, 1.165) is 32.1 Å². The molecule has 4 heteroatoms. The van der Waals surface area contributed by atoms with Gasteiger partial charge in [-0.1, -0.05) is 26.2 Å². The number of ether oxygens (including phenoxy) is 1. The van der Waals surface area contributed by atoms with E-state index in [0.29, 0.717) is 5.92 Å². The summed E-state index contributed by atoms with van der Waals surface area (Å²) < 4.78 is 4.58. The monoisotopic (exact) mass is 228 g/mol. The third-order valence-corrected chi connectivity index (χ3v) is 3.59. The van der Waals surface area contributed by atoms with Gasteiger partial charge in [-0.2, -0.15) is 0 Å². The number of hydrogen-bond donors (Lipinski definition) is 1. The molecule has 1 rings (SSSR count). The maximum atomic E-state index is 11.4. The Morgan fingerprint density at radius 2 is 2.12 bits per heavy atom. The van der Waals surface area contributed by atoms with Gasteiger partial charge in [-0.3, -0.25) is 9.59 Å². The molecule has 16 heavy (non-hydrogen) atoms. The summed E-state index contributed by atoms with van der Waals surface area (Å²) in [7, 11) is 1.25. The first kappa shape index (κ1) is 13.0. The van der Waals surface area contributed by atoms with Crippen LogP contribution in [0.3, 0.4) is 0 Å². The molecule has 0 aliphatic heterocycles. The Morgan fingerprint density at radius 3 is 2.62 bits per heavy atom. The highest BCUT2D eigenvalue weighted by atomic mass is 16.5. The summed E-state index contributed by atoms with van der Waals surface area (Å²) in [5, 5.41) is 9.09. The van der Waals surface area contributed by atoms with Crippen molar-refractivity contribution in [2.75, 3.05) is 7.11 Å². The second-order valence-electron chi connectivity index (χ2n) is 4.54. The molecular formula is C12H20O4. The van der Waals surface area contributed by atoms with Crippen molar-refractivity contribution in [2.24, 2.45) is 17.8 Å². The van der Waals surface area contributed by atoms with Gasteiger partial charge >= 0.3 is 11.9 Å². The van der Waals surface area contributed by atoms with Gasteiger partial charge in [-0.15, -0.1) is 0 Å². The van der Waals surface area contributed by atoms with Gasteiger partial charge in [0.15, 0.2) is 5.92 Å². The summed E-state index contributed by atoms with van der Waals surface area (Å²) in [6.45, 7) is 2.11. The predicted octanol–water partition coefficient (Wildman–Crippen LogP) is 2.08. The van der Waals surface area contributed by atoms with Crippen LogP contribution in [0, 0.1) is 17.8 Å². The number of carboxylic acid groups (broad SMARTS) is 1. The normalized spacial score (nSPS) is 27.1. The molecule has 0 heterocycles. The molecule has 0 saturated heterocycles. The first-order valence-electron chi connectivity index (χ1n) is 5.90. The van der Waals surface area contributed by atoms with Crippen LogP contribution in [0.15, 0.2) is 0 Å². The van der Waals surface area contributed by atoms with Crippen molar-refractivity contribution in [3.05, 3.63) is 0 Å². The van der Waals surface area contributed by atoms with Crippen molar-refractivity contribution >= 4 is 11.9 Å². The van der Waals surface area contributed by atoms with E-state index in [-0.39, 0.29) is 5.92 Å². The van der Waals surface area contributed by atoms with Crippen molar-refractivity contribution in [1.82, 2.24) is 0 Å². The Kier molecular flexibility index (Phi) is 4.77. The standard InChI is InChI=1S/C12H20O4/c1-3-8-5-4-6-9(7-8)10(11(13)14)12(15)16-2/h8-10H,3-7H2,1-2H3,(H,13,14). The predicted molar refractivity (Wildman–Crippen MR) is 58.9 cm³/mol. The van der Waals surface area contributed by atoms with Crippen LogP contribution in [0.4, 0.5) is 0 Å². The number of methoxy groups -OCH3 is 1. The zero-order chi connectivity index (χ0) is 12.1. The lowest BCUT2D eigenvalue weighted by Gasteiger charge is -2.30. The fourth-order valence-electron chi connectivity index (χ4n) is 2.63. The van der Waals surface area contributed by atoms with Crippen molar-refractivity contribution in [1.29, 1.82) is 0 Å². The van der Waals surface area contributed by atoms with Gasteiger partial charge in [0, 0.05) is 0 Å². The largest absolute Gasteiger partial charge is 0.481 e. The van der Waals surface area contributed by atoms with E-state index >= 15 is 0 Å². The van der Waals surface area contributed by atoms with E-state index < -0.39 is 17.9 Å². The van der Waals surface area contributed by atoms with E-state index in [9.17, 15) is 9.59 Å². The number of carbonyl (C=O) groups is 2. The first-order chi connectivity index (χ1) is 7.60. The quantitative estimate of drug-likeness (QED) is 0.591. The minimum atomic E-state index is -1.05. The molecule has 0 radical (unpaired) electrons. The van der Waals surface area contributed by atoms with Crippen molar-refractivity contribution < 1.29 is 19.4 Å². The van der Waals surface area contributed by atoms with Crippen LogP contribution in [-0.4, -0.2) is 24.2 Å². The number of aliphatic carboxylic acids is 1. The van der Waals surface area contributed by atoms with Gasteiger partial charge in [0.2, 0.25) is 0 Å². The van der Waals surface area contributed by atoms with Crippen LogP contribution in [-0.2, 0) is 14.3 Å². The number of hydrogen-bond acceptors (Lipinski definition) is 3. The smallest absolute Gasteiger partial charge is 0.320 e. The Balaban J connectivity index is 2.70. The molecule has 0 aromatic carbocycles. The van der Waals surface area contributed by atoms with Crippen LogP contribution in [0.5, 0.6) is 0 Å². The Bertz CT molecular complexity index is 262. The molecule has 0 aromatic rings. The molecule has 1 N–H and O–H groups in total. The molecule has 0 amide bonds. The third-order valence-electron chi connectivity index (χ3n) is 3.59. The average molecular weight is 228 g/mol. The van der Waals surface area contributed by atoms with E-state index in [1.54, 1.807) is 0 Å². The number of carbonyl (C=O) groups excluding carboxylic acids is 1. The van der Waals surface area contributed by atoms with Crippen LogP contribution < -0.4 is 0 Å². The zero-order valence-electron chi connectivity index (χ0n) is 9.94. The summed E-state index contributed by atoms with van der Waals surface area (Å²) in [6, 6.07) is 0. The lowest BCUT2D eigenvalue weighted by atomic mass is 9.74. The zero-order valence-corrected chi connectivity index (χ0v) is 9.94. The molecule has 0 aromatic heterocycles. The summed E-state index contributed by atoms with van der Waals surface area (Å²) in [5.74, 6) is -2.11. The Labute approximate surface area is 96.0 Å². The minimum Gasteiger partial charge on any atom is -0.481 e. The highest BCUT2D eigenvalue weighted by Gasteiger charge is 2.38. The van der Waals surface area contributed by atoms with Gasteiger partial charge in [-0.05, 0) is 24.7 Å². The highest BCUT2D eigenvalue weighted by molar-refractivity contribution is 5.94. The van der Waals surface area contributed by atoms with Gasteiger partial charge < -0.3 is 9.84 Å². The molecule has 3 unspecified atom stereocenters. The van der Waals surface area contributed by atoms with Gasteiger partial charge in [0.05, 0.1) is 7.11 Å². The second kappa shape index (κ2) is 5.87. The number of carboxylic acids is 1. The minimum absolute atomic E-state index is 0.0522. The van der Waals surface area contributed by atoms with Crippen LogP contribution in [0.1, 0.15) is 39.0 Å². The average Bonchev–Trinajstić information content (AvgIpc) is 2.29. The molecule has 0 bridgehead atoms. The van der Waals surface area contributed by atoms with Gasteiger partial charge in [-0.25, -0.2) is 0 Å². The van der Waals surface area contributed by atoms with Crippen LogP contribution >= 0.6 is 0 Å².